The van der Waals surface area contributed by atoms with Crippen LogP contribution in [0.15, 0.2) is 16.6 Å². The molecule has 1 aromatic heterocycles. The summed E-state index contributed by atoms with van der Waals surface area (Å²) < 4.78 is 5.26. The fraction of sp³-hybridized carbons (Fsp3) is 0.222. The molecule has 1 heterocycles. The first-order valence-electron chi connectivity index (χ1n) is 4.09. The van der Waals surface area contributed by atoms with Crippen LogP contribution in [0.2, 0.25) is 0 Å². The monoisotopic (exact) mass is 272 g/mol. The van der Waals surface area contributed by atoms with Crippen molar-refractivity contribution in [3.63, 3.8) is 0 Å². The van der Waals surface area contributed by atoms with Gasteiger partial charge >= 0.3 is 5.97 Å². The predicted octanol–water partition coefficient (Wildman–Crippen LogP) is 0.877. The molecule has 0 radical (unpaired) electrons. The quantitative estimate of drug-likeness (QED) is 0.653. The van der Waals surface area contributed by atoms with E-state index in [2.05, 4.69) is 31.0 Å². The first-order valence-corrected chi connectivity index (χ1v) is 4.89. The molecule has 0 bridgehead atoms. The Hall–Kier alpha value is -1.43. The molecule has 0 spiro atoms. The number of esters is 1. The van der Waals surface area contributed by atoms with Crippen molar-refractivity contribution in [1.82, 2.24) is 10.3 Å². The molecule has 5 nitrogen and oxygen atoms in total. The molecule has 0 unspecified atom stereocenters. The highest BCUT2D eigenvalue weighted by Crippen LogP contribution is 2.15. The summed E-state index contributed by atoms with van der Waals surface area (Å²) in [5.41, 5.74) is 0.786. The van der Waals surface area contributed by atoms with Crippen molar-refractivity contribution in [2.24, 2.45) is 0 Å². The summed E-state index contributed by atoms with van der Waals surface area (Å²) in [7, 11) is 1.29. The molecule has 0 fully saturated rings. The molecule has 0 aromatic carbocycles. The predicted molar refractivity (Wildman–Crippen MR) is 56.2 cm³/mol. The largest absolute Gasteiger partial charge is 0.464 e. The van der Waals surface area contributed by atoms with Gasteiger partial charge in [0.2, 0.25) is 6.41 Å². The van der Waals surface area contributed by atoms with Gasteiger partial charge in [-0.15, -0.1) is 0 Å². The summed E-state index contributed by atoms with van der Waals surface area (Å²) >= 11 is 3.26. The van der Waals surface area contributed by atoms with Crippen molar-refractivity contribution in [3.05, 3.63) is 28.0 Å². The molecule has 1 N–H and O–H groups in total. The summed E-state index contributed by atoms with van der Waals surface area (Å²) in [4.78, 5) is 25.3. The van der Waals surface area contributed by atoms with Crippen LogP contribution >= 0.6 is 15.9 Å². The third-order valence-corrected chi connectivity index (χ3v) is 2.39. The number of pyridine rings is 1. The van der Waals surface area contributed by atoms with Crippen molar-refractivity contribution in [2.75, 3.05) is 7.11 Å². The van der Waals surface area contributed by atoms with Gasteiger partial charge in [0.15, 0.2) is 0 Å². The Bertz CT molecular complexity index is 382. The van der Waals surface area contributed by atoms with E-state index in [1.54, 1.807) is 12.1 Å². The number of methoxy groups -OCH3 is 1. The lowest BCUT2D eigenvalue weighted by atomic mass is 10.3. The normalized spacial score (nSPS) is 9.47. The van der Waals surface area contributed by atoms with Gasteiger partial charge in [-0.3, -0.25) is 4.79 Å². The molecular formula is C9H9BrN2O3. The van der Waals surface area contributed by atoms with Gasteiger partial charge in [0.25, 0.3) is 0 Å². The summed E-state index contributed by atoms with van der Waals surface area (Å²) in [6.07, 6.45) is 0.568. The van der Waals surface area contributed by atoms with Crippen LogP contribution < -0.4 is 5.32 Å². The molecule has 1 amide bonds. The molecule has 1 rings (SSSR count). The van der Waals surface area contributed by atoms with E-state index >= 15 is 0 Å². The second-order valence-electron chi connectivity index (χ2n) is 2.62. The number of nitrogens with one attached hydrogen (secondary N) is 1. The zero-order valence-electron chi connectivity index (χ0n) is 7.99. The van der Waals surface area contributed by atoms with Gasteiger partial charge in [-0.1, -0.05) is 0 Å². The Morgan fingerprint density at radius 2 is 2.40 bits per heavy atom. The van der Waals surface area contributed by atoms with Gasteiger partial charge in [-0.2, -0.15) is 0 Å². The first kappa shape index (κ1) is 11.6. The Morgan fingerprint density at radius 3 is 3.00 bits per heavy atom. The first-order chi connectivity index (χ1) is 7.19. The van der Waals surface area contributed by atoms with E-state index < -0.39 is 5.97 Å². The molecule has 0 atom stereocenters. The number of nitrogens with zero attached hydrogens (tertiary/aromatic N) is 1. The Balaban J connectivity index is 2.94. The molecule has 0 saturated heterocycles. The number of rotatable bonds is 4. The maximum atomic E-state index is 11.2. The van der Waals surface area contributed by atoms with E-state index in [4.69, 9.17) is 0 Å². The van der Waals surface area contributed by atoms with Crippen molar-refractivity contribution in [3.8, 4) is 0 Å². The average Bonchev–Trinajstić information content (AvgIpc) is 2.27. The highest BCUT2D eigenvalue weighted by atomic mass is 79.9. The lowest BCUT2D eigenvalue weighted by Gasteiger charge is -2.04. The second-order valence-corrected chi connectivity index (χ2v) is 3.47. The van der Waals surface area contributed by atoms with Gasteiger partial charge in [0.05, 0.1) is 19.3 Å². The van der Waals surface area contributed by atoms with Crippen LogP contribution in [0.4, 0.5) is 0 Å². The van der Waals surface area contributed by atoms with Gasteiger partial charge in [0, 0.05) is 4.47 Å². The zero-order valence-corrected chi connectivity index (χ0v) is 9.58. The van der Waals surface area contributed by atoms with Gasteiger partial charge in [-0.05, 0) is 28.1 Å². The maximum Gasteiger partial charge on any atom is 0.356 e. The lowest BCUT2D eigenvalue weighted by molar-refractivity contribution is -0.109. The smallest absolute Gasteiger partial charge is 0.356 e. The molecular weight excluding hydrogens is 264 g/mol. The van der Waals surface area contributed by atoms with Gasteiger partial charge < -0.3 is 10.1 Å². The minimum Gasteiger partial charge on any atom is -0.464 e. The van der Waals surface area contributed by atoms with Crippen LogP contribution in [-0.4, -0.2) is 24.5 Å². The van der Waals surface area contributed by atoms with Crippen molar-refractivity contribution >= 4 is 28.3 Å². The summed E-state index contributed by atoms with van der Waals surface area (Å²) in [5, 5.41) is 2.46. The molecule has 0 aliphatic heterocycles. The van der Waals surface area contributed by atoms with Crippen molar-refractivity contribution in [1.29, 1.82) is 0 Å². The lowest BCUT2D eigenvalue weighted by Crippen LogP contribution is -2.14. The highest BCUT2D eigenvalue weighted by Gasteiger charge is 2.09. The van der Waals surface area contributed by atoms with Crippen LogP contribution in [0.3, 0.4) is 0 Å². The highest BCUT2D eigenvalue weighted by molar-refractivity contribution is 9.10. The number of aromatic nitrogens is 1. The van der Waals surface area contributed by atoms with Crippen molar-refractivity contribution < 1.29 is 14.3 Å². The number of hydrogen-bond donors (Lipinski definition) is 1. The molecule has 0 aliphatic carbocycles. The molecule has 1 aromatic rings. The van der Waals surface area contributed by atoms with Crippen molar-refractivity contribution in [2.45, 2.75) is 6.54 Å². The number of carbonyl (C=O) groups is 2. The number of amides is 1. The Kier molecular flexibility index (Phi) is 4.23. The van der Waals surface area contributed by atoms with Crippen LogP contribution in [0, 0.1) is 0 Å². The summed E-state index contributed by atoms with van der Waals surface area (Å²) in [6.45, 7) is 0.259. The Labute approximate surface area is 95.0 Å². The van der Waals surface area contributed by atoms with E-state index in [1.807, 2.05) is 0 Å². The molecule has 0 aliphatic rings. The van der Waals surface area contributed by atoms with E-state index in [0.29, 0.717) is 12.1 Å². The molecule has 15 heavy (non-hydrogen) atoms. The number of carbonyl (C=O) groups excluding carboxylic acids is 2. The van der Waals surface area contributed by atoms with Crippen LogP contribution in [-0.2, 0) is 16.1 Å². The maximum absolute atomic E-state index is 11.2. The number of hydrogen-bond acceptors (Lipinski definition) is 4. The van der Waals surface area contributed by atoms with Crippen LogP contribution in [0.1, 0.15) is 16.2 Å². The summed E-state index contributed by atoms with van der Waals surface area (Å²) in [6, 6.07) is 3.22. The number of halogens is 1. The Morgan fingerprint density at radius 1 is 1.67 bits per heavy atom. The van der Waals surface area contributed by atoms with Gasteiger partial charge in [-0.25, -0.2) is 9.78 Å². The molecule has 0 saturated carbocycles. The third-order valence-electron chi connectivity index (χ3n) is 1.67. The van der Waals surface area contributed by atoms with Gasteiger partial charge in [0.1, 0.15) is 5.69 Å². The summed E-state index contributed by atoms with van der Waals surface area (Å²) in [5.74, 6) is -0.505. The molecule has 80 valence electrons. The SMILES string of the molecule is COC(=O)c1ccc(Br)c(CNC=O)n1. The second kappa shape index (κ2) is 5.45. The average molecular weight is 273 g/mol. The van der Waals surface area contributed by atoms with Crippen LogP contribution in [0.25, 0.3) is 0 Å². The topological polar surface area (TPSA) is 68.3 Å². The minimum absolute atomic E-state index is 0.211. The van der Waals surface area contributed by atoms with E-state index in [1.165, 1.54) is 7.11 Å². The van der Waals surface area contributed by atoms with E-state index in [-0.39, 0.29) is 12.2 Å². The molecule has 6 heteroatoms. The zero-order chi connectivity index (χ0) is 11.3. The fourth-order valence-electron chi connectivity index (χ4n) is 0.965. The third kappa shape index (κ3) is 3.02. The van der Waals surface area contributed by atoms with E-state index in [9.17, 15) is 9.59 Å². The fourth-order valence-corrected chi connectivity index (χ4v) is 1.33. The van der Waals surface area contributed by atoms with E-state index in [0.717, 1.165) is 4.47 Å². The minimum atomic E-state index is -0.505. The van der Waals surface area contributed by atoms with Crippen LogP contribution in [0.5, 0.6) is 0 Å². The standard InChI is InChI=1S/C9H9BrN2O3/c1-15-9(14)7-3-2-6(10)8(12-7)4-11-5-13/h2-3,5H,4H2,1H3,(H,11,13). The number of ether oxygens (including phenoxy) is 1.